The zero-order valence-electron chi connectivity index (χ0n) is 9.38. The van der Waals surface area contributed by atoms with Gasteiger partial charge in [-0.15, -0.1) is 0 Å². The number of likely N-dealkylation sites (tertiary alicyclic amines) is 1. The number of piperidine rings is 1. The standard InChI is InChI=1S/C11H22N2/c1-10-6-5-7-13(8-10)9-12-11(2,3)4/h9-10H,5-8H2,1-4H3. The van der Waals surface area contributed by atoms with Crippen molar-refractivity contribution in [3.63, 3.8) is 0 Å². The lowest BCUT2D eigenvalue weighted by atomic mass is 10.0. The summed E-state index contributed by atoms with van der Waals surface area (Å²) in [6, 6.07) is 0. The van der Waals surface area contributed by atoms with Crippen molar-refractivity contribution in [1.82, 2.24) is 4.90 Å². The fourth-order valence-corrected chi connectivity index (χ4v) is 1.59. The number of nitrogens with zero attached hydrogens (tertiary/aromatic N) is 2. The summed E-state index contributed by atoms with van der Waals surface area (Å²) in [5.41, 5.74) is 0.0701. The lowest BCUT2D eigenvalue weighted by Crippen LogP contribution is -2.34. The maximum absolute atomic E-state index is 4.52. The number of hydrogen-bond acceptors (Lipinski definition) is 1. The van der Waals surface area contributed by atoms with Gasteiger partial charge in [0.15, 0.2) is 0 Å². The maximum atomic E-state index is 4.52. The SMILES string of the molecule is CC1CCCN(C=NC(C)(C)C)C1. The van der Waals surface area contributed by atoms with Crippen molar-refractivity contribution in [1.29, 1.82) is 0 Å². The minimum atomic E-state index is 0.0701. The van der Waals surface area contributed by atoms with Crippen molar-refractivity contribution < 1.29 is 0 Å². The Morgan fingerprint density at radius 1 is 1.38 bits per heavy atom. The molecule has 76 valence electrons. The molecule has 0 saturated carbocycles. The summed E-state index contributed by atoms with van der Waals surface area (Å²) in [7, 11) is 0. The molecule has 0 bridgehead atoms. The molecule has 0 aromatic rings. The van der Waals surface area contributed by atoms with Crippen molar-refractivity contribution in [2.45, 2.75) is 46.1 Å². The molecule has 13 heavy (non-hydrogen) atoms. The molecule has 0 aromatic heterocycles. The van der Waals surface area contributed by atoms with Crippen molar-refractivity contribution in [3.05, 3.63) is 0 Å². The van der Waals surface area contributed by atoms with E-state index in [1.54, 1.807) is 0 Å². The first-order valence-electron chi connectivity index (χ1n) is 5.27. The Morgan fingerprint density at radius 2 is 2.08 bits per heavy atom. The van der Waals surface area contributed by atoms with E-state index in [0.717, 1.165) is 5.92 Å². The lowest BCUT2D eigenvalue weighted by molar-refractivity contribution is 0.277. The van der Waals surface area contributed by atoms with Gasteiger partial charge in [0.05, 0.1) is 11.9 Å². The van der Waals surface area contributed by atoms with Crippen molar-refractivity contribution >= 4 is 6.34 Å². The second-order valence-corrected chi connectivity index (χ2v) is 5.16. The van der Waals surface area contributed by atoms with E-state index in [-0.39, 0.29) is 5.54 Å². The van der Waals surface area contributed by atoms with Crippen LogP contribution in [0, 0.1) is 5.92 Å². The Morgan fingerprint density at radius 3 is 2.62 bits per heavy atom. The van der Waals surface area contributed by atoms with E-state index >= 15 is 0 Å². The van der Waals surface area contributed by atoms with Gasteiger partial charge in [0.1, 0.15) is 0 Å². The fourth-order valence-electron chi connectivity index (χ4n) is 1.59. The normalized spacial score (nSPS) is 25.5. The molecule has 1 heterocycles. The molecular formula is C11H22N2. The first-order chi connectivity index (χ1) is 5.97. The topological polar surface area (TPSA) is 15.6 Å². The molecule has 0 amide bonds. The van der Waals surface area contributed by atoms with Crippen LogP contribution in [-0.4, -0.2) is 29.9 Å². The van der Waals surface area contributed by atoms with Crippen LogP contribution in [0.2, 0.25) is 0 Å². The zero-order chi connectivity index (χ0) is 9.90. The summed E-state index contributed by atoms with van der Waals surface area (Å²) in [6.45, 7) is 11.1. The van der Waals surface area contributed by atoms with E-state index in [2.05, 4.69) is 37.6 Å². The first-order valence-corrected chi connectivity index (χ1v) is 5.27. The minimum absolute atomic E-state index is 0.0701. The monoisotopic (exact) mass is 182 g/mol. The molecular weight excluding hydrogens is 160 g/mol. The molecule has 1 unspecified atom stereocenters. The van der Waals surface area contributed by atoms with Crippen LogP contribution in [0.25, 0.3) is 0 Å². The van der Waals surface area contributed by atoms with Crippen LogP contribution in [0.4, 0.5) is 0 Å². The molecule has 2 nitrogen and oxygen atoms in total. The van der Waals surface area contributed by atoms with E-state index in [4.69, 9.17) is 0 Å². The molecule has 1 fully saturated rings. The molecule has 0 radical (unpaired) electrons. The number of rotatable bonds is 1. The third kappa shape index (κ3) is 4.30. The predicted molar refractivity (Wildman–Crippen MR) is 58.2 cm³/mol. The quantitative estimate of drug-likeness (QED) is 0.449. The Balaban J connectivity index is 2.40. The minimum Gasteiger partial charge on any atom is -0.363 e. The van der Waals surface area contributed by atoms with E-state index in [1.807, 2.05) is 6.34 Å². The summed E-state index contributed by atoms with van der Waals surface area (Å²) >= 11 is 0. The van der Waals surface area contributed by atoms with Crippen LogP contribution in [0.5, 0.6) is 0 Å². The molecule has 1 aliphatic heterocycles. The highest BCUT2D eigenvalue weighted by Gasteiger charge is 2.14. The highest BCUT2D eigenvalue weighted by molar-refractivity contribution is 5.55. The average Bonchev–Trinajstić information content (AvgIpc) is 2.00. The highest BCUT2D eigenvalue weighted by atomic mass is 15.2. The maximum Gasteiger partial charge on any atom is 0.0856 e. The van der Waals surface area contributed by atoms with Gasteiger partial charge in [-0.1, -0.05) is 6.92 Å². The molecule has 0 aromatic carbocycles. The van der Waals surface area contributed by atoms with Crippen LogP contribution in [0.15, 0.2) is 4.99 Å². The van der Waals surface area contributed by atoms with Crippen LogP contribution < -0.4 is 0 Å². The molecule has 2 heteroatoms. The fraction of sp³-hybridized carbons (Fsp3) is 0.909. The van der Waals surface area contributed by atoms with Gasteiger partial charge < -0.3 is 4.90 Å². The lowest BCUT2D eigenvalue weighted by Gasteiger charge is -2.29. The summed E-state index contributed by atoms with van der Waals surface area (Å²) in [5, 5.41) is 0. The average molecular weight is 182 g/mol. The predicted octanol–water partition coefficient (Wildman–Crippen LogP) is 2.55. The largest absolute Gasteiger partial charge is 0.363 e. The highest BCUT2D eigenvalue weighted by Crippen LogP contribution is 2.14. The summed E-state index contributed by atoms with van der Waals surface area (Å²) in [4.78, 5) is 6.86. The number of hydrogen-bond donors (Lipinski definition) is 0. The van der Waals surface area contributed by atoms with E-state index in [1.165, 1.54) is 25.9 Å². The molecule has 1 atom stereocenters. The van der Waals surface area contributed by atoms with Gasteiger partial charge in [-0.05, 0) is 39.5 Å². The molecule has 1 rings (SSSR count). The van der Waals surface area contributed by atoms with Crippen LogP contribution in [0.3, 0.4) is 0 Å². The van der Waals surface area contributed by atoms with Gasteiger partial charge in [-0.25, -0.2) is 0 Å². The van der Waals surface area contributed by atoms with E-state index < -0.39 is 0 Å². The second kappa shape index (κ2) is 4.12. The molecule has 1 aliphatic rings. The van der Waals surface area contributed by atoms with Crippen LogP contribution >= 0.6 is 0 Å². The summed E-state index contributed by atoms with van der Waals surface area (Å²) in [6.07, 6.45) is 4.73. The van der Waals surface area contributed by atoms with Gasteiger partial charge in [0.2, 0.25) is 0 Å². The molecule has 0 aliphatic carbocycles. The van der Waals surface area contributed by atoms with Gasteiger partial charge >= 0.3 is 0 Å². The third-order valence-corrected chi connectivity index (χ3v) is 2.30. The second-order valence-electron chi connectivity index (χ2n) is 5.16. The van der Waals surface area contributed by atoms with E-state index in [0.29, 0.717) is 0 Å². The first kappa shape index (κ1) is 10.6. The molecule has 0 spiro atoms. The van der Waals surface area contributed by atoms with Gasteiger partial charge in [-0.3, -0.25) is 4.99 Å². The van der Waals surface area contributed by atoms with Crippen LogP contribution in [0.1, 0.15) is 40.5 Å². The zero-order valence-corrected chi connectivity index (χ0v) is 9.38. The summed E-state index contributed by atoms with van der Waals surface area (Å²) < 4.78 is 0. The van der Waals surface area contributed by atoms with E-state index in [9.17, 15) is 0 Å². The van der Waals surface area contributed by atoms with Crippen LogP contribution in [-0.2, 0) is 0 Å². The Hall–Kier alpha value is -0.530. The Kier molecular flexibility index (Phi) is 3.34. The van der Waals surface area contributed by atoms with Crippen molar-refractivity contribution in [2.24, 2.45) is 10.9 Å². The van der Waals surface area contributed by atoms with Gasteiger partial charge in [0.25, 0.3) is 0 Å². The van der Waals surface area contributed by atoms with Gasteiger partial charge in [-0.2, -0.15) is 0 Å². The smallest absolute Gasteiger partial charge is 0.0856 e. The van der Waals surface area contributed by atoms with Gasteiger partial charge in [0, 0.05) is 13.1 Å². The Bertz CT molecular complexity index is 179. The third-order valence-electron chi connectivity index (χ3n) is 2.30. The molecule has 0 N–H and O–H groups in total. The summed E-state index contributed by atoms with van der Waals surface area (Å²) in [5.74, 6) is 0.833. The molecule has 1 saturated heterocycles. The number of aliphatic imine (C=N–C) groups is 1. The van der Waals surface area contributed by atoms with Crippen molar-refractivity contribution in [3.8, 4) is 0 Å². The Labute approximate surface area is 82.0 Å². The van der Waals surface area contributed by atoms with Crippen molar-refractivity contribution in [2.75, 3.05) is 13.1 Å².